The number of hydrogen-bond donors (Lipinski definition) is 2. The van der Waals surface area contributed by atoms with Crippen LogP contribution in [0.3, 0.4) is 0 Å². The lowest BCUT2D eigenvalue weighted by molar-refractivity contribution is 0.0501. The summed E-state index contributed by atoms with van der Waals surface area (Å²) in [4.78, 5) is 24.4. The van der Waals surface area contributed by atoms with Crippen LogP contribution in [0.5, 0.6) is 5.75 Å². The van der Waals surface area contributed by atoms with E-state index >= 15 is 4.39 Å². The van der Waals surface area contributed by atoms with Gasteiger partial charge in [0.1, 0.15) is 23.4 Å². The number of anilines is 3. The van der Waals surface area contributed by atoms with Crippen molar-refractivity contribution in [2.75, 3.05) is 30.4 Å². The van der Waals surface area contributed by atoms with E-state index in [1.165, 1.54) is 32.0 Å². The van der Waals surface area contributed by atoms with Crippen molar-refractivity contribution in [2.45, 2.75) is 76.6 Å². The number of ether oxygens (including phenoxy) is 2. The molecule has 0 bridgehead atoms. The molecule has 2 aromatic heterocycles. The Kier molecular flexibility index (Phi) is 6.95. The molecule has 0 saturated carbocycles. The van der Waals surface area contributed by atoms with Gasteiger partial charge in [0.15, 0.2) is 5.82 Å². The van der Waals surface area contributed by atoms with Crippen molar-refractivity contribution >= 4 is 17.5 Å². The number of aryl methyl sites for hydroxylation is 2. The molecule has 3 aliphatic heterocycles. The first-order valence-electron chi connectivity index (χ1n) is 13.9. The molecule has 0 radical (unpaired) electrons. The van der Waals surface area contributed by atoms with E-state index in [-0.39, 0.29) is 40.8 Å². The Balaban J connectivity index is 1.27. The number of nitrogens with zero attached hydrogens (tertiary/aromatic N) is 7. The van der Waals surface area contributed by atoms with Gasteiger partial charge in [0.2, 0.25) is 5.95 Å². The molecular formula is C27H36FN9O3. The SMILES string of the molecule is Cc1cnc(Nc2cc(-n3nnn(C)c3=O)c(OC3CCOC3)cc2F)nc1N[C@@H]1C[C@@H]2CCCN2C(C)(C)C1. The van der Waals surface area contributed by atoms with Gasteiger partial charge in [-0.25, -0.2) is 14.2 Å². The fraction of sp³-hybridized carbons (Fsp3) is 0.593. The van der Waals surface area contributed by atoms with Crippen LogP contribution in [0.1, 0.15) is 51.5 Å². The van der Waals surface area contributed by atoms with Crippen LogP contribution >= 0.6 is 0 Å². The smallest absolute Gasteiger partial charge is 0.368 e. The van der Waals surface area contributed by atoms with Gasteiger partial charge in [-0.2, -0.15) is 14.3 Å². The number of halogens is 1. The number of benzene rings is 1. The van der Waals surface area contributed by atoms with Crippen molar-refractivity contribution in [1.82, 2.24) is 34.7 Å². The Morgan fingerprint density at radius 3 is 2.83 bits per heavy atom. The van der Waals surface area contributed by atoms with Crippen molar-refractivity contribution < 1.29 is 13.9 Å². The molecule has 0 spiro atoms. The molecule has 5 heterocycles. The predicted molar refractivity (Wildman–Crippen MR) is 147 cm³/mol. The molecule has 3 aliphatic rings. The van der Waals surface area contributed by atoms with Crippen LogP contribution in [-0.4, -0.2) is 78.1 Å². The molecule has 1 unspecified atom stereocenters. The van der Waals surface area contributed by atoms with Crippen LogP contribution in [0.4, 0.5) is 21.8 Å². The number of fused-ring (bicyclic) bond motifs is 1. The summed E-state index contributed by atoms with van der Waals surface area (Å²) in [6, 6.07) is 3.56. The average Bonchev–Trinajstić information content (AvgIpc) is 3.66. The van der Waals surface area contributed by atoms with Crippen LogP contribution < -0.4 is 21.1 Å². The molecule has 2 N–H and O–H groups in total. The van der Waals surface area contributed by atoms with E-state index in [1.807, 2.05) is 6.92 Å². The van der Waals surface area contributed by atoms with E-state index in [4.69, 9.17) is 14.5 Å². The van der Waals surface area contributed by atoms with E-state index < -0.39 is 11.5 Å². The van der Waals surface area contributed by atoms with Crippen LogP contribution in [0.2, 0.25) is 0 Å². The fourth-order valence-corrected chi connectivity index (χ4v) is 6.23. The lowest BCUT2D eigenvalue weighted by Crippen LogP contribution is -2.55. The summed E-state index contributed by atoms with van der Waals surface area (Å²) in [5.41, 5.74) is 0.875. The molecule has 214 valence electrons. The second-order valence-electron chi connectivity index (χ2n) is 11.6. The maximum atomic E-state index is 15.4. The molecule has 1 aromatic carbocycles. The summed E-state index contributed by atoms with van der Waals surface area (Å²) in [5, 5.41) is 14.4. The highest BCUT2D eigenvalue weighted by Gasteiger charge is 2.43. The minimum absolute atomic E-state index is 0.0813. The van der Waals surface area contributed by atoms with Crippen LogP contribution in [0.15, 0.2) is 23.1 Å². The number of tetrazole rings is 1. The van der Waals surface area contributed by atoms with E-state index in [9.17, 15) is 4.79 Å². The van der Waals surface area contributed by atoms with Gasteiger partial charge in [-0.15, -0.1) is 0 Å². The van der Waals surface area contributed by atoms with E-state index in [0.717, 1.165) is 40.1 Å². The molecule has 3 fully saturated rings. The van der Waals surface area contributed by atoms with Crippen LogP contribution in [0.25, 0.3) is 5.69 Å². The molecule has 40 heavy (non-hydrogen) atoms. The highest BCUT2D eigenvalue weighted by atomic mass is 19.1. The van der Waals surface area contributed by atoms with E-state index in [1.54, 1.807) is 6.20 Å². The monoisotopic (exact) mass is 553 g/mol. The third-order valence-corrected chi connectivity index (χ3v) is 8.20. The molecular weight excluding hydrogens is 517 g/mol. The van der Waals surface area contributed by atoms with Crippen molar-refractivity contribution in [3.63, 3.8) is 0 Å². The summed E-state index contributed by atoms with van der Waals surface area (Å²) in [7, 11) is 1.49. The Hall–Kier alpha value is -3.58. The zero-order valence-corrected chi connectivity index (χ0v) is 23.4. The Labute approximate surface area is 231 Å². The number of hydrogen-bond acceptors (Lipinski definition) is 10. The van der Waals surface area contributed by atoms with Crippen LogP contribution in [0, 0.1) is 12.7 Å². The first-order chi connectivity index (χ1) is 19.2. The largest absolute Gasteiger partial charge is 0.486 e. The predicted octanol–water partition coefficient (Wildman–Crippen LogP) is 2.93. The highest BCUT2D eigenvalue weighted by Crippen LogP contribution is 2.39. The quantitative estimate of drug-likeness (QED) is 0.451. The Morgan fingerprint density at radius 1 is 1.23 bits per heavy atom. The molecule has 12 nitrogen and oxygen atoms in total. The summed E-state index contributed by atoms with van der Waals surface area (Å²) >= 11 is 0. The van der Waals surface area contributed by atoms with Gasteiger partial charge in [0.25, 0.3) is 0 Å². The molecule has 13 heteroatoms. The lowest BCUT2D eigenvalue weighted by Gasteiger charge is -2.48. The fourth-order valence-electron chi connectivity index (χ4n) is 6.23. The van der Waals surface area contributed by atoms with Gasteiger partial charge in [-0.3, -0.25) is 4.90 Å². The zero-order chi connectivity index (χ0) is 28.0. The lowest BCUT2D eigenvalue weighted by atomic mass is 9.84. The van der Waals surface area contributed by atoms with Gasteiger partial charge in [0, 0.05) is 48.9 Å². The second-order valence-corrected chi connectivity index (χ2v) is 11.6. The highest BCUT2D eigenvalue weighted by molar-refractivity contribution is 5.64. The van der Waals surface area contributed by atoms with E-state index in [0.29, 0.717) is 25.7 Å². The minimum atomic E-state index is -0.580. The molecule has 0 amide bonds. The maximum absolute atomic E-state index is 15.4. The number of aromatic nitrogens is 6. The summed E-state index contributed by atoms with van der Waals surface area (Å²) in [5.74, 6) is 0.550. The molecule has 3 atom stereocenters. The standard InChI is InChI=1S/C27H36FN9O3/c1-16-14-29-25(32-24(16)30-17-10-18-6-5-8-36(18)27(2,3)13-17)31-21-12-22(37-26(38)35(4)33-34-37)23(11-20(21)28)40-19-7-9-39-15-19/h11-12,14,17-19H,5-10,13,15H2,1-4H3,(H2,29,30,31,32)/t17-,18+,19?/m1/s1. The molecule has 3 aromatic rings. The summed E-state index contributed by atoms with van der Waals surface area (Å²) in [6.45, 7) is 8.70. The van der Waals surface area contributed by atoms with Crippen molar-refractivity contribution in [3.8, 4) is 11.4 Å². The van der Waals surface area contributed by atoms with Gasteiger partial charge < -0.3 is 20.1 Å². The first-order valence-corrected chi connectivity index (χ1v) is 13.9. The van der Waals surface area contributed by atoms with Crippen molar-refractivity contribution in [3.05, 3.63) is 40.2 Å². The van der Waals surface area contributed by atoms with Crippen molar-refractivity contribution in [1.29, 1.82) is 0 Å². The molecule has 3 saturated heterocycles. The summed E-state index contributed by atoms with van der Waals surface area (Å²) in [6.07, 6.45) is 6.67. The van der Waals surface area contributed by atoms with Gasteiger partial charge in [-0.05, 0) is 69.5 Å². The van der Waals surface area contributed by atoms with E-state index in [2.05, 4.69) is 44.8 Å². The third kappa shape index (κ3) is 5.15. The number of nitrogens with one attached hydrogen (secondary N) is 2. The van der Waals surface area contributed by atoms with Crippen molar-refractivity contribution in [2.24, 2.45) is 7.05 Å². The molecule has 0 aliphatic carbocycles. The van der Waals surface area contributed by atoms with Gasteiger partial charge >= 0.3 is 5.69 Å². The first kappa shape index (κ1) is 26.6. The summed E-state index contributed by atoms with van der Waals surface area (Å²) < 4.78 is 29.0. The molecule has 6 rings (SSSR count). The topological polar surface area (TPSA) is 124 Å². The normalized spacial score (nSPS) is 24.2. The van der Waals surface area contributed by atoms with Crippen LogP contribution in [-0.2, 0) is 11.8 Å². The Morgan fingerprint density at radius 2 is 2.08 bits per heavy atom. The van der Waals surface area contributed by atoms with Gasteiger partial charge in [0.05, 0.1) is 18.9 Å². The number of piperidine rings is 1. The van der Waals surface area contributed by atoms with Gasteiger partial charge in [-0.1, -0.05) is 0 Å². The number of rotatable bonds is 7. The second kappa shape index (κ2) is 10.4. The average molecular weight is 554 g/mol. The Bertz CT molecular complexity index is 1450. The zero-order valence-electron chi connectivity index (χ0n) is 23.4. The minimum Gasteiger partial charge on any atom is -0.486 e. The maximum Gasteiger partial charge on any atom is 0.368 e. The third-order valence-electron chi connectivity index (χ3n) is 8.20.